The number of aliphatic imine (C=N–C) groups is 1. The first-order chi connectivity index (χ1) is 20.6. The van der Waals surface area contributed by atoms with Crippen molar-refractivity contribution in [2.75, 3.05) is 45.5 Å². The summed E-state index contributed by atoms with van der Waals surface area (Å²) in [6.45, 7) is 3.31. The lowest BCUT2D eigenvalue weighted by molar-refractivity contribution is 0.0698. The molecule has 1 fully saturated rings. The van der Waals surface area contributed by atoms with E-state index in [1.807, 2.05) is 42.6 Å². The van der Waals surface area contributed by atoms with E-state index in [9.17, 15) is 18.0 Å². The second-order valence-electron chi connectivity index (χ2n) is 10.4. The molecular formula is C29H35N9O4S. The molecule has 14 heteroatoms. The van der Waals surface area contributed by atoms with Gasteiger partial charge < -0.3 is 21.7 Å². The average molecular weight is 606 g/mol. The van der Waals surface area contributed by atoms with Gasteiger partial charge in [0.05, 0.1) is 17.5 Å². The van der Waals surface area contributed by atoms with Gasteiger partial charge >= 0.3 is 0 Å². The molecule has 5 rings (SSSR count). The first kappa shape index (κ1) is 29.9. The molecule has 13 nitrogen and oxygen atoms in total. The molecule has 0 radical (unpaired) electrons. The number of fused-ring (bicyclic) bond motifs is 1. The molecule has 1 aliphatic rings. The molecule has 0 bridgehead atoms. The van der Waals surface area contributed by atoms with Crippen molar-refractivity contribution >= 4 is 27.7 Å². The highest BCUT2D eigenvalue weighted by molar-refractivity contribution is 7.88. The number of guanidine groups is 1. The van der Waals surface area contributed by atoms with Crippen LogP contribution in [0.25, 0.3) is 28.2 Å². The molecule has 0 aliphatic carbocycles. The fourth-order valence-corrected chi connectivity index (χ4v) is 5.76. The van der Waals surface area contributed by atoms with Gasteiger partial charge in [-0.2, -0.15) is 4.31 Å². The predicted molar refractivity (Wildman–Crippen MR) is 166 cm³/mol. The van der Waals surface area contributed by atoms with Gasteiger partial charge in [0.15, 0.2) is 5.96 Å². The van der Waals surface area contributed by atoms with Crippen molar-refractivity contribution in [3.63, 3.8) is 0 Å². The van der Waals surface area contributed by atoms with Gasteiger partial charge in [0.2, 0.25) is 15.8 Å². The van der Waals surface area contributed by atoms with Gasteiger partial charge in [0.25, 0.3) is 11.5 Å². The fraction of sp³-hybridized carbons (Fsp3) is 0.310. The van der Waals surface area contributed by atoms with E-state index in [1.54, 1.807) is 27.6 Å². The molecule has 6 N–H and O–H groups in total. The minimum absolute atomic E-state index is 0.0969. The van der Waals surface area contributed by atoms with Gasteiger partial charge in [0.1, 0.15) is 0 Å². The van der Waals surface area contributed by atoms with Crippen molar-refractivity contribution in [1.29, 1.82) is 0 Å². The Kier molecular flexibility index (Phi) is 8.89. The van der Waals surface area contributed by atoms with Crippen LogP contribution in [0.4, 0.5) is 0 Å². The van der Waals surface area contributed by atoms with Gasteiger partial charge in [-0.3, -0.25) is 24.0 Å². The number of nitrogens with two attached hydrogens (primary N) is 2. The van der Waals surface area contributed by atoms with Gasteiger partial charge in [-0.1, -0.05) is 36.4 Å². The number of H-pyrrole nitrogens is 1. The van der Waals surface area contributed by atoms with Crippen molar-refractivity contribution < 1.29 is 13.2 Å². The highest BCUT2D eigenvalue weighted by atomic mass is 32.2. The lowest BCUT2D eigenvalue weighted by Gasteiger charge is -2.33. The Morgan fingerprint density at radius 1 is 1.00 bits per heavy atom. The number of sulfonamides is 1. The quantitative estimate of drug-likeness (QED) is 0.116. The smallest absolute Gasteiger partial charge is 0.260 e. The van der Waals surface area contributed by atoms with Crippen LogP contribution in [0.3, 0.4) is 0 Å². The predicted octanol–water partition coefficient (Wildman–Crippen LogP) is 0.827. The van der Waals surface area contributed by atoms with Crippen LogP contribution in [-0.4, -0.2) is 89.4 Å². The zero-order valence-electron chi connectivity index (χ0n) is 23.9. The van der Waals surface area contributed by atoms with Crippen LogP contribution >= 0.6 is 0 Å². The Morgan fingerprint density at radius 2 is 1.67 bits per heavy atom. The number of carbonyl (C=O) groups is 1. The number of nitrogens with zero attached hydrogens (tertiary/aromatic N) is 5. The number of imidazole rings is 1. The molecular weight excluding hydrogens is 570 g/mol. The maximum Gasteiger partial charge on any atom is 0.260 e. The van der Waals surface area contributed by atoms with E-state index in [0.717, 1.165) is 29.7 Å². The lowest BCUT2D eigenvalue weighted by Crippen LogP contribution is -2.50. The van der Waals surface area contributed by atoms with Gasteiger partial charge in [-0.25, -0.2) is 13.4 Å². The maximum atomic E-state index is 13.0. The summed E-state index contributed by atoms with van der Waals surface area (Å²) in [5, 5.41) is 3.35. The second-order valence-corrected chi connectivity index (χ2v) is 12.4. The number of rotatable bonds is 10. The van der Waals surface area contributed by atoms with Crippen LogP contribution in [-0.2, 0) is 16.6 Å². The second kappa shape index (κ2) is 12.8. The van der Waals surface area contributed by atoms with Crippen LogP contribution < -0.4 is 22.3 Å². The van der Waals surface area contributed by atoms with E-state index in [2.05, 4.69) is 20.3 Å². The third kappa shape index (κ3) is 7.28. The minimum atomic E-state index is -3.26. The van der Waals surface area contributed by atoms with Crippen LogP contribution in [0, 0.1) is 0 Å². The number of aromatic nitrogens is 3. The van der Waals surface area contributed by atoms with E-state index in [4.69, 9.17) is 11.5 Å². The topological polar surface area (TPSA) is 184 Å². The zero-order chi connectivity index (χ0) is 30.6. The molecule has 0 atom stereocenters. The maximum absolute atomic E-state index is 13.0. The Morgan fingerprint density at radius 3 is 2.33 bits per heavy atom. The molecule has 3 heterocycles. The Balaban J connectivity index is 1.24. The largest absolute Gasteiger partial charge is 0.370 e. The Bertz CT molecular complexity index is 1780. The molecule has 0 unspecified atom stereocenters. The van der Waals surface area contributed by atoms with Crippen molar-refractivity contribution in [2.45, 2.75) is 13.0 Å². The summed E-state index contributed by atoms with van der Waals surface area (Å²) in [7, 11) is -3.26. The summed E-state index contributed by atoms with van der Waals surface area (Å²) < 4.78 is 26.7. The van der Waals surface area contributed by atoms with Crippen LogP contribution in [0.5, 0.6) is 0 Å². The molecule has 1 saturated heterocycles. The highest BCUT2D eigenvalue weighted by Crippen LogP contribution is 2.22. The molecule has 4 aromatic rings. The summed E-state index contributed by atoms with van der Waals surface area (Å²) in [5.41, 5.74) is 14.8. The fourth-order valence-electron chi connectivity index (χ4n) is 4.93. The number of aromatic amines is 1. The number of benzene rings is 2. The monoisotopic (exact) mass is 605 g/mol. The number of amides is 1. The number of nitrogens with one attached hydrogen (secondary N) is 2. The lowest BCUT2D eigenvalue weighted by atomic mass is 10.1. The van der Waals surface area contributed by atoms with Crippen molar-refractivity contribution in [1.82, 2.24) is 28.9 Å². The standard InChI is InChI=1S/C29H35N9O4S/c1-43(41,42)38-15-13-36(14-16-38)27(40)23-9-7-22(8-10-23)25-19-37-18-24(26(39)35-29(37)34-25)21-5-3-20(4-6-21)17-32-11-2-12-33-28(30)31/h3-10,18-19,32H,2,11-17H2,1H3,(H4,30,31,33)(H,34,35,39). The first-order valence-electron chi connectivity index (χ1n) is 13.9. The molecule has 2 aromatic carbocycles. The van der Waals surface area contributed by atoms with Gasteiger partial charge in [0, 0.05) is 62.8 Å². The third-order valence-corrected chi connectivity index (χ3v) is 8.60. The highest BCUT2D eigenvalue weighted by Gasteiger charge is 2.26. The minimum Gasteiger partial charge on any atom is -0.370 e. The van der Waals surface area contributed by atoms with Gasteiger partial charge in [-0.15, -0.1) is 0 Å². The number of carbonyl (C=O) groups excluding carboxylic acids is 1. The molecule has 0 spiro atoms. The SMILES string of the molecule is CS(=O)(=O)N1CCN(C(=O)c2ccc(-c3cn4cc(-c5ccc(CNCCCN=C(N)N)cc5)c(=O)[nH]c4n3)cc2)CC1. The molecule has 43 heavy (non-hydrogen) atoms. The molecule has 2 aromatic heterocycles. The van der Waals surface area contributed by atoms with E-state index in [-0.39, 0.29) is 30.5 Å². The van der Waals surface area contributed by atoms with Crippen molar-refractivity contribution in [3.05, 3.63) is 82.4 Å². The van der Waals surface area contributed by atoms with E-state index < -0.39 is 10.0 Å². The summed E-state index contributed by atoms with van der Waals surface area (Å²) in [5.74, 6) is 0.363. The number of piperazine rings is 1. The van der Waals surface area contributed by atoms with E-state index in [1.165, 1.54) is 10.6 Å². The van der Waals surface area contributed by atoms with Crippen LogP contribution in [0.1, 0.15) is 22.3 Å². The Hall–Kier alpha value is -4.53. The van der Waals surface area contributed by atoms with Crippen LogP contribution in [0.15, 0.2) is 70.7 Å². The molecule has 0 saturated carbocycles. The summed E-state index contributed by atoms with van der Waals surface area (Å²) >= 11 is 0. The van der Waals surface area contributed by atoms with E-state index in [0.29, 0.717) is 48.8 Å². The summed E-state index contributed by atoms with van der Waals surface area (Å²) in [6.07, 6.45) is 5.59. The summed E-state index contributed by atoms with van der Waals surface area (Å²) in [4.78, 5) is 38.9. The number of hydrogen-bond acceptors (Lipinski definition) is 7. The van der Waals surface area contributed by atoms with Crippen LogP contribution in [0.2, 0.25) is 0 Å². The van der Waals surface area contributed by atoms with Crippen molar-refractivity contribution in [3.8, 4) is 22.4 Å². The zero-order valence-corrected chi connectivity index (χ0v) is 24.7. The van der Waals surface area contributed by atoms with Crippen molar-refractivity contribution in [2.24, 2.45) is 16.5 Å². The molecule has 226 valence electrons. The normalized spacial score (nSPS) is 14.2. The first-order valence-corrected chi connectivity index (χ1v) is 15.8. The summed E-state index contributed by atoms with van der Waals surface area (Å²) in [6, 6.07) is 14.9. The van der Waals surface area contributed by atoms with Gasteiger partial charge in [-0.05, 0) is 36.2 Å². The average Bonchev–Trinajstić information content (AvgIpc) is 3.41. The number of hydrogen-bond donors (Lipinski definition) is 4. The third-order valence-electron chi connectivity index (χ3n) is 7.29. The van der Waals surface area contributed by atoms with E-state index >= 15 is 0 Å². The Labute approximate surface area is 249 Å². The molecule has 1 aliphatic heterocycles. The molecule has 1 amide bonds.